The minimum atomic E-state index is -1.03. The molecule has 2 atom stereocenters. The second kappa shape index (κ2) is 10.7. The summed E-state index contributed by atoms with van der Waals surface area (Å²) in [7, 11) is 1.30. The minimum Gasteiger partial charge on any atom is -0.469 e. The first-order chi connectivity index (χ1) is 14.6. The molecule has 0 unspecified atom stereocenters. The number of esters is 1. The van der Waals surface area contributed by atoms with Crippen molar-refractivity contribution in [2.75, 3.05) is 13.7 Å². The molecule has 1 aliphatic heterocycles. The number of imide groups is 1. The first-order valence-corrected chi connectivity index (χ1v) is 9.83. The molecule has 30 heavy (non-hydrogen) atoms. The van der Waals surface area contributed by atoms with Gasteiger partial charge in [-0.25, -0.2) is 0 Å². The van der Waals surface area contributed by atoms with Gasteiger partial charge in [0.1, 0.15) is 0 Å². The van der Waals surface area contributed by atoms with E-state index < -0.39 is 24.0 Å². The lowest BCUT2D eigenvalue weighted by Gasteiger charge is -2.17. The molecule has 158 valence electrons. The lowest BCUT2D eigenvalue weighted by Crippen LogP contribution is -2.34. The number of hydrogen-bond acceptors (Lipinski definition) is 6. The van der Waals surface area contributed by atoms with E-state index in [1.54, 1.807) is 0 Å². The third-order valence-electron chi connectivity index (χ3n) is 4.83. The van der Waals surface area contributed by atoms with Crippen molar-refractivity contribution >= 4 is 17.8 Å². The standard InChI is InChI=1S/C23H25NO6/c1-28-19(25)13-8-14-24-22(26)20(29-15-17-9-4-2-5-10-17)21(23(24)27)30-16-18-11-6-3-7-12-18/h2-7,9-12,20-21H,8,13-16H2,1H3/t20-,21-/m1/s1. The van der Waals surface area contributed by atoms with Gasteiger partial charge in [0.15, 0.2) is 12.2 Å². The van der Waals surface area contributed by atoms with Crippen molar-refractivity contribution in [2.24, 2.45) is 0 Å². The SMILES string of the molecule is COC(=O)CCCN1C(=O)[C@H](OCc2ccccc2)[C@@H](OCc2ccccc2)C1=O. The monoisotopic (exact) mass is 411 g/mol. The second-order valence-electron chi connectivity index (χ2n) is 6.94. The van der Waals surface area contributed by atoms with Crippen molar-refractivity contribution in [3.8, 4) is 0 Å². The maximum absolute atomic E-state index is 12.9. The van der Waals surface area contributed by atoms with Gasteiger partial charge in [0.2, 0.25) is 0 Å². The molecule has 1 heterocycles. The number of amides is 2. The van der Waals surface area contributed by atoms with Gasteiger partial charge in [-0.15, -0.1) is 0 Å². The summed E-state index contributed by atoms with van der Waals surface area (Å²) in [4.78, 5) is 38.2. The van der Waals surface area contributed by atoms with E-state index in [0.29, 0.717) is 6.42 Å². The summed E-state index contributed by atoms with van der Waals surface area (Å²) < 4.78 is 16.3. The first-order valence-electron chi connectivity index (χ1n) is 9.83. The Kier molecular flexibility index (Phi) is 7.70. The van der Waals surface area contributed by atoms with Crippen molar-refractivity contribution < 1.29 is 28.6 Å². The summed E-state index contributed by atoms with van der Waals surface area (Å²) in [5.41, 5.74) is 1.78. The number of hydrogen-bond donors (Lipinski definition) is 0. The average Bonchev–Trinajstić information content (AvgIpc) is 3.01. The Morgan fingerprint density at radius 1 is 0.833 bits per heavy atom. The molecule has 0 N–H and O–H groups in total. The van der Waals surface area contributed by atoms with Crippen LogP contribution in [0.3, 0.4) is 0 Å². The molecule has 7 nitrogen and oxygen atoms in total. The Hall–Kier alpha value is -3.03. The number of rotatable bonds is 10. The lowest BCUT2D eigenvalue weighted by molar-refractivity contribution is -0.145. The van der Waals surface area contributed by atoms with E-state index in [1.807, 2.05) is 60.7 Å². The maximum Gasteiger partial charge on any atom is 0.305 e. The molecule has 1 aliphatic rings. The third kappa shape index (κ3) is 5.52. The second-order valence-corrected chi connectivity index (χ2v) is 6.94. The number of benzene rings is 2. The molecule has 0 aromatic heterocycles. The Labute approximate surface area is 175 Å². The van der Waals surface area contributed by atoms with Crippen LogP contribution in [0.25, 0.3) is 0 Å². The molecule has 7 heteroatoms. The molecule has 2 amide bonds. The molecule has 2 aromatic carbocycles. The van der Waals surface area contributed by atoms with Gasteiger partial charge in [-0.1, -0.05) is 60.7 Å². The largest absolute Gasteiger partial charge is 0.469 e. The highest BCUT2D eigenvalue weighted by atomic mass is 16.6. The van der Waals surface area contributed by atoms with E-state index in [-0.39, 0.29) is 32.1 Å². The number of carbonyl (C=O) groups excluding carboxylic acids is 3. The van der Waals surface area contributed by atoms with Crippen LogP contribution in [0.4, 0.5) is 0 Å². The highest BCUT2D eigenvalue weighted by Gasteiger charge is 2.49. The molecule has 3 rings (SSSR count). The predicted octanol–water partition coefficient (Wildman–Crippen LogP) is 2.48. The fourth-order valence-electron chi connectivity index (χ4n) is 3.22. The van der Waals surface area contributed by atoms with Gasteiger partial charge in [-0.05, 0) is 17.5 Å². The quantitative estimate of drug-likeness (QED) is 0.441. The zero-order valence-electron chi connectivity index (χ0n) is 16.9. The number of nitrogens with zero attached hydrogens (tertiary/aromatic N) is 1. The molecule has 0 saturated carbocycles. The number of methoxy groups -OCH3 is 1. The topological polar surface area (TPSA) is 82.1 Å². The van der Waals surface area contributed by atoms with Crippen LogP contribution in [0.1, 0.15) is 24.0 Å². The van der Waals surface area contributed by atoms with E-state index in [1.165, 1.54) is 7.11 Å². The molecular formula is C23H25NO6. The van der Waals surface area contributed by atoms with Gasteiger partial charge in [0, 0.05) is 13.0 Å². The minimum absolute atomic E-state index is 0.114. The maximum atomic E-state index is 12.9. The Bertz CT molecular complexity index is 793. The van der Waals surface area contributed by atoms with E-state index in [9.17, 15) is 14.4 Å². The average molecular weight is 411 g/mol. The van der Waals surface area contributed by atoms with Crippen LogP contribution in [-0.4, -0.2) is 48.5 Å². The summed E-state index contributed by atoms with van der Waals surface area (Å²) in [5.74, 6) is -1.28. The molecule has 0 aliphatic carbocycles. The van der Waals surface area contributed by atoms with Crippen molar-refractivity contribution in [2.45, 2.75) is 38.3 Å². The molecule has 2 aromatic rings. The van der Waals surface area contributed by atoms with Crippen molar-refractivity contribution in [3.63, 3.8) is 0 Å². The zero-order chi connectivity index (χ0) is 21.3. The van der Waals surface area contributed by atoms with E-state index in [0.717, 1.165) is 16.0 Å². The zero-order valence-corrected chi connectivity index (χ0v) is 16.9. The van der Waals surface area contributed by atoms with Crippen LogP contribution < -0.4 is 0 Å². The first kappa shape index (κ1) is 21.7. The van der Waals surface area contributed by atoms with Crippen LogP contribution in [0.2, 0.25) is 0 Å². The predicted molar refractivity (Wildman–Crippen MR) is 108 cm³/mol. The van der Waals surface area contributed by atoms with Crippen LogP contribution in [0.15, 0.2) is 60.7 Å². The van der Waals surface area contributed by atoms with Gasteiger partial charge in [0.25, 0.3) is 11.8 Å². The Balaban J connectivity index is 1.68. The van der Waals surface area contributed by atoms with Crippen molar-refractivity contribution in [3.05, 3.63) is 71.8 Å². The van der Waals surface area contributed by atoms with Gasteiger partial charge < -0.3 is 14.2 Å². The lowest BCUT2D eigenvalue weighted by atomic mass is 10.2. The Morgan fingerprint density at radius 2 is 1.30 bits per heavy atom. The number of likely N-dealkylation sites (tertiary alicyclic amines) is 1. The van der Waals surface area contributed by atoms with Gasteiger partial charge in [-0.2, -0.15) is 0 Å². The smallest absolute Gasteiger partial charge is 0.305 e. The molecule has 1 fully saturated rings. The van der Waals surface area contributed by atoms with E-state index >= 15 is 0 Å². The van der Waals surface area contributed by atoms with Crippen molar-refractivity contribution in [1.29, 1.82) is 0 Å². The third-order valence-corrected chi connectivity index (χ3v) is 4.83. The van der Waals surface area contributed by atoms with Gasteiger partial charge in [0.05, 0.1) is 20.3 Å². The molecule has 0 radical (unpaired) electrons. The highest BCUT2D eigenvalue weighted by molar-refractivity contribution is 6.08. The summed E-state index contributed by atoms with van der Waals surface area (Å²) in [5, 5.41) is 0. The highest BCUT2D eigenvalue weighted by Crippen LogP contribution is 2.23. The number of carbonyl (C=O) groups is 3. The van der Waals surface area contributed by atoms with Crippen LogP contribution >= 0.6 is 0 Å². The van der Waals surface area contributed by atoms with Crippen molar-refractivity contribution in [1.82, 2.24) is 4.90 Å². The number of ether oxygens (including phenoxy) is 3. The fourth-order valence-corrected chi connectivity index (χ4v) is 3.22. The van der Waals surface area contributed by atoms with Gasteiger partial charge in [-0.3, -0.25) is 19.3 Å². The Morgan fingerprint density at radius 3 is 1.73 bits per heavy atom. The molecule has 1 saturated heterocycles. The van der Waals surface area contributed by atoms with E-state index in [2.05, 4.69) is 4.74 Å². The van der Waals surface area contributed by atoms with Crippen LogP contribution in [0.5, 0.6) is 0 Å². The summed E-state index contributed by atoms with van der Waals surface area (Å²) in [6.45, 7) is 0.487. The fraction of sp³-hybridized carbons (Fsp3) is 0.348. The summed E-state index contributed by atoms with van der Waals surface area (Å²) in [6.07, 6.45) is -1.61. The summed E-state index contributed by atoms with van der Waals surface area (Å²) in [6, 6.07) is 18.8. The van der Waals surface area contributed by atoms with Crippen LogP contribution in [-0.2, 0) is 41.8 Å². The van der Waals surface area contributed by atoms with E-state index in [4.69, 9.17) is 9.47 Å². The molecular weight excluding hydrogens is 386 g/mol. The molecule has 0 spiro atoms. The summed E-state index contributed by atoms with van der Waals surface area (Å²) >= 11 is 0. The van der Waals surface area contributed by atoms with Crippen LogP contribution in [0, 0.1) is 0 Å². The van der Waals surface area contributed by atoms with Gasteiger partial charge >= 0.3 is 5.97 Å². The normalized spacial score (nSPS) is 18.6. The molecule has 0 bridgehead atoms.